The second-order valence-electron chi connectivity index (χ2n) is 4.39. The summed E-state index contributed by atoms with van der Waals surface area (Å²) >= 11 is 0. The molecule has 0 saturated heterocycles. The molecule has 2 heterocycles. The molecule has 0 spiro atoms. The maximum atomic E-state index is 5.67. The Balaban J connectivity index is 1.72. The van der Waals surface area contributed by atoms with E-state index in [1.807, 2.05) is 23.0 Å². The highest BCUT2D eigenvalue weighted by molar-refractivity contribution is 5.24. The molecule has 0 radical (unpaired) electrons. The predicted octanol–water partition coefficient (Wildman–Crippen LogP) is 3.19. The molecule has 0 N–H and O–H groups in total. The van der Waals surface area contributed by atoms with Crippen LogP contribution in [0, 0.1) is 0 Å². The Labute approximate surface area is 100 Å². The summed E-state index contributed by atoms with van der Waals surface area (Å²) in [5, 5.41) is 4.37. The molecule has 0 atom stereocenters. The first kappa shape index (κ1) is 10.3. The molecule has 0 unspecified atom stereocenters. The molecule has 1 aliphatic carbocycles. The van der Waals surface area contributed by atoms with Gasteiger partial charge in [0.1, 0.15) is 5.75 Å². The lowest BCUT2D eigenvalue weighted by Gasteiger charge is -2.08. The number of aromatic nitrogens is 3. The van der Waals surface area contributed by atoms with Crippen molar-refractivity contribution < 1.29 is 4.74 Å². The quantitative estimate of drug-likeness (QED) is 0.811. The highest BCUT2D eigenvalue weighted by atomic mass is 16.5. The smallest absolute Gasteiger partial charge is 0.165 e. The van der Waals surface area contributed by atoms with Crippen LogP contribution in [0.25, 0.3) is 0 Å². The normalized spacial score (nSPS) is 16.2. The zero-order valence-corrected chi connectivity index (χ0v) is 9.62. The first-order valence-corrected chi connectivity index (χ1v) is 6.04. The van der Waals surface area contributed by atoms with Crippen molar-refractivity contribution in [3.8, 4) is 11.5 Å². The van der Waals surface area contributed by atoms with Gasteiger partial charge in [-0.05, 0) is 25.0 Å². The van der Waals surface area contributed by atoms with Gasteiger partial charge in [0.05, 0.1) is 24.6 Å². The van der Waals surface area contributed by atoms with Crippen molar-refractivity contribution >= 4 is 0 Å². The molecular formula is C13H15N3O. The van der Waals surface area contributed by atoms with Crippen molar-refractivity contribution in [2.75, 3.05) is 0 Å². The third kappa shape index (κ3) is 2.30. The topological polar surface area (TPSA) is 39.9 Å². The summed E-state index contributed by atoms with van der Waals surface area (Å²) in [5.41, 5.74) is 0. The summed E-state index contributed by atoms with van der Waals surface area (Å²) in [5.74, 6) is 1.53. The molecule has 17 heavy (non-hydrogen) atoms. The van der Waals surface area contributed by atoms with E-state index >= 15 is 0 Å². The second kappa shape index (κ2) is 4.57. The van der Waals surface area contributed by atoms with Crippen LogP contribution >= 0.6 is 0 Å². The third-order valence-electron chi connectivity index (χ3n) is 3.15. The van der Waals surface area contributed by atoms with Gasteiger partial charge < -0.3 is 4.74 Å². The van der Waals surface area contributed by atoms with Gasteiger partial charge in [0.2, 0.25) is 0 Å². The molecule has 0 aliphatic heterocycles. The zero-order chi connectivity index (χ0) is 11.5. The van der Waals surface area contributed by atoms with E-state index in [1.54, 1.807) is 18.6 Å². The van der Waals surface area contributed by atoms with E-state index < -0.39 is 0 Å². The van der Waals surface area contributed by atoms with Crippen molar-refractivity contribution in [2.45, 2.75) is 31.7 Å². The fourth-order valence-electron chi connectivity index (χ4n) is 2.29. The van der Waals surface area contributed by atoms with Crippen LogP contribution in [0.1, 0.15) is 31.7 Å². The van der Waals surface area contributed by atoms with Crippen molar-refractivity contribution in [3.05, 3.63) is 36.9 Å². The third-order valence-corrected chi connectivity index (χ3v) is 3.15. The number of hydrogen-bond donors (Lipinski definition) is 0. The first-order valence-electron chi connectivity index (χ1n) is 6.04. The minimum absolute atomic E-state index is 0.557. The summed E-state index contributed by atoms with van der Waals surface area (Å²) in [4.78, 5) is 4.01. The van der Waals surface area contributed by atoms with Crippen LogP contribution in [0.15, 0.2) is 36.9 Å². The Hall–Kier alpha value is -1.84. The first-order chi connectivity index (χ1) is 8.42. The second-order valence-corrected chi connectivity index (χ2v) is 4.39. The fraction of sp³-hybridized carbons (Fsp3) is 0.385. The van der Waals surface area contributed by atoms with E-state index in [1.165, 1.54) is 25.7 Å². The zero-order valence-electron chi connectivity index (χ0n) is 9.62. The van der Waals surface area contributed by atoms with E-state index in [0.29, 0.717) is 6.04 Å². The summed E-state index contributed by atoms with van der Waals surface area (Å²) in [7, 11) is 0. The molecule has 0 amide bonds. The van der Waals surface area contributed by atoms with Gasteiger partial charge in [0.25, 0.3) is 0 Å². The van der Waals surface area contributed by atoms with E-state index in [9.17, 15) is 0 Å². The summed E-state index contributed by atoms with van der Waals surface area (Å²) < 4.78 is 7.70. The number of hydrogen-bond acceptors (Lipinski definition) is 3. The molecule has 0 bridgehead atoms. The maximum absolute atomic E-state index is 5.67. The van der Waals surface area contributed by atoms with Crippen molar-refractivity contribution in [2.24, 2.45) is 0 Å². The largest absolute Gasteiger partial charge is 0.452 e. The molecule has 2 aromatic rings. The molecule has 2 aromatic heterocycles. The summed E-state index contributed by atoms with van der Waals surface area (Å²) in [6.45, 7) is 0. The molecular weight excluding hydrogens is 214 g/mol. The predicted molar refractivity (Wildman–Crippen MR) is 64.0 cm³/mol. The minimum atomic E-state index is 0.557. The van der Waals surface area contributed by atoms with Gasteiger partial charge in [-0.3, -0.25) is 9.67 Å². The molecule has 1 fully saturated rings. The van der Waals surface area contributed by atoms with Gasteiger partial charge in [-0.1, -0.05) is 12.8 Å². The Bertz CT molecular complexity index is 474. The molecule has 0 aromatic carbocycles. The standard InChI is InChI=1S/C13H15N3O/c1-2-5-11(4-1)16-10-13(9-15-16)17-12-6-3-7-14-8-12/h3,6-11H,1-2,4-5H2. The highest BCUT2D eigenvalue weighted by Gasteiger charge is 2.17. The average Bonchev–Trinajstić information content (AvgIpc) is 3.00. The fourth-order valence-corrected chi connectivity index (χ4v) is 2.29. The van der Waals surface area contributed by atoms with Gasteiger partial charge in [-0.15, -0.1) is 0 Å². The highest BCUT2D eigenvalue weighted by Crippen LogP contribution is 2.30. The van der Waals surface area contributed by atoms with Gasteiger partial charge >= 0.3 is 0 Å². The van der Waals surface area contributed by atoms with Crippen LogP contribution in [0.4, 0.5) is 0 Å². The Kier molecular flexibility index (Phi) is 2.78. The van der Waals surface area contributed by atoms with E-state index in [2.05, 4.69) is 10.1 Å². The molecule has 3 rings (SSSR count). The number of ether oxygens (including phenoxy) is 1. The van der Waals surface area contributed by atoms with Crippen LogP contribution in [-0.4, -0.2) is 14.8 Å². The molecule has 4 nitrogen and oxygen atoms in total. The Morgan fingerprint density at radius 1 is 1.18 bits per heavy atom. The van der Waals surface area contributed by atoms with Crippen LogP contribution in [0.5, 0.6) is 11.5 Å². The minimum Gasteiger partial charge on any atom is -0.452 e. The van der Waals surface area contributed by atoms with Crippen LogP contribution < -0.4 is 4.74 Å². The summed E-state index contributed by atoms with van der Waals surface area (Å²) in [6, 6.07) is 4.30. The van der Waals surface area contributed by atoms with Gasteiger partial charge in [-0.25, -0.2) is 0 Å². The Morgan fingerprint density at radius 2 is 2.06 bits per heavy atom. The lowest BCUT2D eigenvalue weighted by Crippen LogP contribution is -2.04. The van der Waals surface area contributed by atoms with E-state index in [4.69, 9.17) is 4.74 Å². The van der Waals surface area contributed by atoms with Crippen molar-refractivity contribution in [1.82, 2.24) is 14.8 Å². The molecule has 1 saturated carbocycles. The van der Waals surface area contributed by atoms with E-state index in [0.717, 1.165) is 11.5 Å². The SMILES string of the molecule is c1cncc(Oc2cnn(C3CCCC3)c2)c1. The molecule has 4 heteroatoms. The van der Waals surface area contributed by atoms with Crippen molar-refractivity contribution in [3.63, 3.8) is 0 Å². The van der Waals surface area contributed by atoms with Crippen LogP contribution in [0.3, 0.4) is 0 Å². The number of rotatable bonds is 3. The van der Waals surface area contributed by atoms with Gasteiger partial charge in [-0.2, -0.15) is 5.10 Å². The molecule has 88 valence electrons. The van der Waals surface area contributed by atoms with Gasteiger partial charge in [0, 0.05) is 6.20 Å². The number of nitrogens with zero attached hydrogens (tertiary/aromatic N) is 3. The maximum Gasteiger partial charge on any atom is 0.165 e. The van der Waals surface area contributed by atoms with Gasteiger partial charge in [0.15, 0.2) is 5.75 Å². The van der Waals surface area contributed by atoms with Crippen LogP contribution in [-0.2, 0) is 0 Å². The monoisotopic (exact) mass is 229 g/mol. The molecule has 1 aliphatic rings. The van der Waals surface area contributed by atoms with E-state index in [-0.39, 0.29) is 0 Å². The summed E-state index contributed by atoms with van der Waals surface area (Å²) in [6.07, 6.45) is 12.3. The van der Waals surface area contributed by atoms with Crippen molar-refractivity contribution in [1.29, 1.82) is 0 Å². The number of pyridine rings is 1. The lowest BCUT2D eigenvalue weighted by atomic mass is 10.3. The average molecular weight is 229 g/mol. The Morgan fingerprint density at radius 3 is 2.82 bits per heavy atom. The van der Waals surface area contributed by atoms with Crippen LogP contribution in [0.2, 0.25) is 0 Å². The lowest BCUT2D eigenvalue weighted by molar-refractivity contribution is 0.455.